The minimum Gasteiger partial charge on any atom is -0.496 e. The topological polar surface area (TPSA) is 57.0 Å². The summed E-state index contributed by atoms with van der Waals surface area (Å²) in [6, 6.07) is 21.7. The summed E-state index contributed by atoms with van der Waals surface area (Å²) in [5.41, 5.74) is 3.44. The summed E-state index contributed by atoms with van der Waals surface area (Å²) in [6.45, 7) is 2.12. The molecule has 0 aliphatic heterocycles. The fraction of sp³-hybridized carbons (Fsp3) is 0.160. The lowest BCUT2D eigenvalue weighted by atomic mass is 10.1. The van der Waals surface area contributed by atoms with Crippen LogP contribution in [0.3, 0.4) is 0 Å². The molecule has 7 heteroatoms. The van der Waals surface area contributed by atoms with Crippen LogP contribution < -0.4 is 4.74 Å². The first-order chi connectivity index (χ1) is 15.5. The molecule has 0 N–H and O–H groups in total. The summed E-state index contributed by atoms with van der Waals surface area (Å²) < 4.78 is 20.9. The van der Waals surface area contributed by atoms with Gasteiger partial charge in [0.05, 0.1) is 13.7 Å². The van der Waals surface area contributed by atoms with Gasteiger partial charge in [-0.25, -0.2) is 4.39 Å². The molecule has 32 heavy (non-hydrogen) atoms. The van der Waals surface area contributed by atoms with Crippen LogP contribution in [0.15, 0.2) is 78.0 Å². The second-order valence-electron chi connectivity index (χ2n) is 7.26. The molecule has 0 amide bonds. The molecule has 0 atom stereocenters. The maximum absolute atomic E-state index is 13.4. The summed E-state index contributed by atoms with van der Waals surface area (Å²) in [5, 5.41) is 9.54. The van der Waals surface area contributed by atoms with Gasteiger partial charge in [0.15, 0.2) is 16.8 Å². The first-order valence-electron chi connectivity index (χ1n) is 10.1. The second-order valence-corrected chi connectivity index (χ2v) is 8.20. The highest BCUT2D eigenvalue weighted by Gasteiger charge is 2.16. The van der Waals surface area contributed by atoms with Crippen molar-refractivity contribution in [2.24, 2.45) is 0 Å². The SMILES string of the molecule is COc1ccc(C(C)=O)cc1CSc1nnc(-c2ccc(F)cc2)n1Cc1ccccc1. The number of aromatic nitrogens is 3. The van der Waals surface area contributed by atoms with E-state index in [1.807, 2.05) is 47.0 Å². The Morgan fingerprint density at radius 1 is 1.03 bits per heavy atom. The average molecular weight is 448 g/mol. The Hall–Kier alpha value is -3.45. The number of rotatable bonds is 8. The van der Waals surface area contributed by atoms with Gasteiger partial charge in [0.1, 0.15) is 11.6 Å². The smallest absolute Gasteiger partial charge is 0.192 e. The van der Waals surface area contributed by atoms with Crippen molar-refractivity contribution in [1.82, 2.24) is 14.8 Å². The van der Waals surface area contributed by atoms with E-state index in [1.54, 1.807) is 32.2 Å². The van der Waals surface area contributed by atoms with Crippen molar-refractivity contribution in [3.05, 3.63) is 95.3 Å². The van der Waals surface area contributed by atoms with Crippen molar-refractivity contribution in [3.63, 3.8) is 0 Å². The summed E-state index contributed by atoms with van der Waals surface area (Å²) in [4.78, 5) is 11.8. The third kappa shape index (κ3) is 4.89. The van der Waals surface area contributed by atoms with Crippen molar-refractivity contribution in [1.29, 1.82) is 0 Å². The molecular formula is C25H22FN3O2S. The standard InChI is InChI=1S/C25H22FN3O2S/c1-17(30)20-10-13-23(31-2)21(14-20)16-32-25-28-27-24(19-8-11-22(26)12-9-19)29(25)15-18-6-4-3-5-7-18/h3-14H,15-16H2,1-2H3. The number of benzene rings is 3. The lowest BCUT2D eigenvalue weighted by Crippen LogP contribution is -2.04. The molecule has 5 nitrogen and oxygen atoms in total. The Kier molecular flexibility index (Phi) is 6.66. The molecule has 0 fully saturated rings. The Morgan fingerprint density at radius 3 is 2.47 bits per heavy atom. The Labute approximate surface area is 190 Å². The maximum Gasteiger partial charge on any atom is 0.192 e. The van der Waals surface area contributed by atoms with Gasteiger partial charge in [-0.05, 0) is 55.0 Å². The van der Waals surface area contributed by atoms with Crippen LogP contribution in [-0.4, -0.2) is 27.7 Å². The molecule has 1 heterocycles. The zero-order valence-electron chi connectivity index (χ0n) is 17.8. The van der Waals surface area contributed by atoms with E-state index in [2.05, 4.69) is 10.2 Å². The van der Waals surface area contributed by atoms with Crippen molar-refractivity contribution in [2.75, 3.05) is 7.11 Å². The number of carbonyl (C=O) groups excluding carboxylic acids is 1. The first kappa shape index (κ1) is 21.8. The molecule has 0 unspecified atom stereocenters. The van der Waals surface area contributed by atoms with E-state index in [0.29, 0.717) is 23.7 Å². The number of ether oxygens (including phenoxy) is 1. The highest BCUT2D eigenvalue weighted by Crippen LogP contribution is 2.31. The van der Waals surface area contributed by atoms with E-state index in [0.717, 1.165) is 27.6 Å². The predicted molar refractivity (Wildman–Crippen MR) is 124 cm³/mol. The molecule has 0 saturated carbocycles. The highest BCUT2D eigenvalue weighted by molar-refractivity contribution is 7.98. The molecule has 0 radical (unpaired) electrons. The van der Waals surface area contributed by atoms with Crippen LogP contribution in [0.4, 0.5) is 4.39 Å². The van der Waals surface area contributed by atoms with Crippen molar-refractivity contribution in [3.8, 4) is 17.1 Å². The van der Waals surface area contributed by atoms with Gasteiger partial charge in [-0.2, -0.15) is 0 Å². The minimum absolute atomic E-state index is 0.00439. The lowest BCUT2D eigenvalue weighted by Gasteiger charge is -2.12. The van der Waals surface area contributed by atoms with Gasteiger partial charge in [0, 0.05) is 22.4 Å². The molecule has 0 spiro atoms. The van der Waals surface area contributed by atoms with Crippen LogP contribution in [-0.2, 0) is 12.3 Å². The van der Waals surface area contributed by atoms with Crippen LogP contribution in [0.2, 0.25) is 0 Å². The van der Waals surface area contributed by atoms with E-state index >= 15 is 0 Å². The number of thioether (sulfide) groups is 1. The second kappa shape index (κ2) is 9.78. The zero-order valence-corrected chi connectivity index (χ0v) is 18.6. The molecule has 0 saturated heterocycles. The molecule has 162 valence electrons. The molecule has 1 aromatic heterocycles. The highest BCUT2D eigenvalue weighted by atomic mass is 32.2. The molecule has 0 bridgehead atoms. The minimum atomic E-state index is -0.296. The quantitative estimate of drug-likeness (QED) is 0.259. The Bertz CT molecular complexity index is 1220. The maximum atomic E-state index is 13.4. The molecule has 3 aromatic carbocycles. The van der Waals surface area contributed by atoms with Gasteiger partial charge in [-0.15, -0.1) is 10.2 Å². The van der Waals surface area contributed by atoms with Gasteiger partial charge in [-0.3, -0.25) is 9.36 Å². The third-order valence-electron chi connectivity index (χ3n) is 5.05. The van der Waals surface area contributed by atoms with Crippen LogP contribution in [0.5, 0.6) is 5.75 Å². The average Bonchev–Trinajstić information content (AvgIpc) is 3.20. The summed E-state index contributed by atoms with van der Waals surface area (Å²) in [7, 11) is 1.61. The number of Topliss-reactive ketones (excluding diaryl/α,β-unsaturated/α-hetero) is 1. The Balaban J connectivity index is 1.67. The van der Waals surface area contributed by atoms with Crippen LogP contribution in [0, 0.1) is 5.82 Å². The molecule has 4 aromatic rings. The lowest BCUT2D eigenvalue weighted by molar-refractivity contribution is 0.101. The molecule has 0 aliphatic rings. The summed E-state index contributed by atoms with van der Waals surface area (Å²) in [5.74, 6) is 1.65. The monoisotopic (exact) mass is 447 g/mol. The van der Waals surface area contributed by atoms with Crippen LogP contribution in [0.1, 0.15) is 28.4 Å². The number of nitrogens with zero attached hydrogens (tertiary/aromatic N) is 3. The van der Waals surface area contributed by atoms with E-state index in [-0.39, 0.29) is 11.6 Å². The number of hydrogen-bond donors (Lipinski definition) is 0. The van der Waals surface area contributed by atoms with Gasteiger partial charge in [-0.1, -0.05) is 42.1 Å². The van der Waals surface area contributed by atoms with Crippen molar-refractivity contribution < 1.29 is 13.9 Å². The van der Waals surface area contributed by atoms with Gasteiger partial charge < -0.3 is 4.74 Å². The van der Waals surface area contributed by atoms with E-state index in [9.17, 15) is 9.18 Å². The molecule has 0 aliphatic carbocycles. The Morgan fingerprint density at radius 2 is 1.78 bits per heavy atom. The van der Waals surface area contributed by atoms with E-state index < -0.39 is 0 Å². The van der Waals surface area contributed by atoms with Crippen LogP contribution in [0.25, 0.3) is 11.4 Å². The molecule has 4 rings (SSSR count). The summed E-state index contributed by atoms with van der Waals surface area (Å²) in [6.07, 6.45) is 0. The van der Waals surface area contributed by atoms with Crippen molar-refractivity contribution in [2.45, 2.75) is 24.4 Å². The number of hydrogen-bond acceptors (Lipinski definition) is 5. The predicted octanol–water partition coefficient (Wildman–Crippen LogP) is 5.64. The fourth-order valence-electron chi connectivity index (χ4n) is 3.37. The van der Waals surface area contributed by atoms with Gasteiger partial charge >= 0.3 is 0 Å². The van der Waals surface area contributed by atoms with Crippen molar-refractivity contribution >= 4 is 17.5 Å². The normalized spacial score (nSPS) is 10.8. The van der Waals surface area contributed by atoms with Crippen LogP contribution >= 0.6 is 11.8 Å². The largest absolute Gasteiger partial charge is 0.496 e. The van der Waals surface area contributed by atoms with Gasteiger partial charge in [0.25, 0.3) is 0 Å². The fourth-order valence-corrected chi connectivity index (χ4v) is 4.28. The number of halogens is 1. The number of ketones is 1. The van der Waals surface area contributed by atoms with E-state index in [4.69, 9.17) is 4.74 Å². The summed E-state index contributed by atoms with van der Waals surface area (Å²) >= 11 is 1.51. The van der Waals surface area contributed by atoms with E-state index in [1.165, 1.54) is 23.9 Å². The third-order valence-corrected chi connectivity index (χ3v) is 6.06. The van der Waals surface area contributed by atoms with Gasteiger partial charge in [0.2, 0.25) is 0 Å². The zero-order chi connectivity index (χ0) is 22.5. The molecular weight excluding hydrogens is 425 g/mol. The number of carbonyl (C=O) groups is 1. The first-order valence-corrected chi connectivity index (χ1v) is 11.1. The number of methoxy groups -OCH3 is 1.